The second kappa shape index (κ2) is 4.28. The molecule has 3 nitrogen and oxygen atoms in total. The van der Waals surface area contributed by atoms with Crippen LogP contribution < -0.4 is 0 Å². The number of hydrogen-bond donors (Lipinski definition) is 0. The monoisotopic (exact) mass is 205 g/mol. The summed E-state index contributed by atoms with van der Waals surface area (Å²) >= 11 is 1.65. The topological polar surface area (TPSA) is 30.7 Å². The van der Waals surface area contributed by atoms with Crippen LogP contribution in [0.2, 0.25) is 0 Å². The number of rotatable bonds is 3. The molecule has 0 spiro atoms. The minimum absolute atomic E-state index is 0.789. The molecule has 0 aliphatic carbocycles. The molecule has 72 valence electrons. The van der Waals surface area contributed by atoms with Crippen LogP contribution in [0.15, 0.2) is 41.9 Å². The lowest BCUT2D eigenvalue weighted by atomic mass is 10.3. The van der Waals surface area contributed by atoms with Gasteiger partial charge in [-0.25, -0.2) is 4.98 Å². The van der Waals surface area contributed by atoms with Crippen molar-refractivity contribution in [1.82, 2.24) is 14.5 Å². The average Bonchev–Trinajstić information content (AvgIpc) is 2.67. The van der Waals surface area contributed by atoms with Gasteiger partial charge in [0, 0.05) is 18.6 Å². The number of hydrogen-bond acceptors (Lipinski definition) is 3. The van der Waals surface area contributed by atoms with E-state index in [0.29, 0.717) is 0 Å². The minimum atomic E-state index is 0.789. The fourth-order valence-electron chi connectivity index (χ4n) is 1.27. The first-order valence-corrected chi connectivity index (χ1v) is 5.57. The van der Waals surface area contributed by atoms with Crippen LogP contribution in [0.1, 0.15) is 5.69 Å². The molecule has 14 heavy (non-hydrogen) atoms. The highest BCUT2D eigenvalue weighted by Gasteiger charge is 2.01. The van der Waals surface area contributed by atoms with Gasteiger partial charge in [-0.05, 0) is 18.4 Å². The van der Waals surface area contributed by atoms with Crippen molar-refractivity contribution in [3.8, 4) is 0 Å². The maximum absolute atomic E-state index is 4.27. The van der Waals surface area contributed by atoms with Crippen LogP contribution in [0.25, 0.3) is 0 Å². The van der Waals surface area contributed by atoms with Crippen LogP contribution in [0.3, 0.4) is 0 Å². The lowest BCUT2D eigenvalue weighted by Crippen LogP contribution is -2.01. The van der Waals surface area contributed by atoms with Crippen molar-refractivity contribution in [3.63, 3.8) is 0 Å². The van der Waals surface area contributed by atoms with Gasteiger partial charge < -0.3 is 4.57 Å². The number of aromatic nitrogens is 3. The third-order valence-electron chi connectivity index (χ3n) is 1.92. The van der Waals surface area contributed by atoms with Crippen molar-refractivity contribution >= 4 is 11.8 Å². The standard InChI is InChI=1S/C10H11N3S/c1-14-10-12-6-7-13(10)8-9-4-2-3-5-11-9/h2-7H,8H2,1H3. The van der Waals surface area contributed by atoms with Gasteiger partial charge in [-0.1, -0.05) is 17.8 Å². The van der Waals surface area contributed by atoms with Crippen molar-refractivity contribution < 1.29 is 0 Å². The Kier molecular flexibility index (Phi) is 2.84. The molecule has 0 atom stereocenters. The molecule has 4 heteroatoms. The van der Waals surface area contributed by atoms with Gasteiger partial charge in [0.05, 0.1) is 12.2 Å². The zero-order valence-corrected chi connectivity index (χ0v) is 8.74. The molecule has 0 saturated carbocycles. The SMILES string of the molecule is CSc1nccn1Cc1ccccn1. The molecule has 0 radical (unpaired) electrons. The van der Waals surface area contributed by atoms with E-state index in [1.54, 1.807) is 11.8 Å². The van der Waals surface area contributed by atoms with Gasteiger partial charge in [0.1, 0.15) is 0 Å². The quantitative estimate of drug-likeness (QED) is 0.718. The Hall–Kier alpha value is -1.29. The maximum Gasteiger partial charge on any atom is 0.168 e. The van der Waals surface area contributed by atoms with Gasteiger partial charge in [-0.15, -0.1) is 0 Å². The van der Waals surface area contributed by atoms with Crippen LogP contribution in [-0.2, 0) is 6.54 Å². The lowest BCUT2D eigenvalue weighted by Gasteiger charge is -2.04. The Morgan fingerprint density at radius 3 is 2.93 bits per heavy atom. The van der Waals surface area contributed by atoms with Crippen molar-refractivity contribution in [2.45, 2.75) is 11.7 Å². The van der Waals surface area contributed by atoms with Crippen LogP contribution in [0, 0.1) is 0 Å². The summed E-state index contributed by atoms with van der Waals surface area (Å²) in [5.74, 6) is 0. The first-order chi connectivity index (χ1) is 6.90. The van der Waals surface area contributed by atoms with Gasteiger partial charge in [0.25, 0.3) is 0 Å². The summed E-state index contributed by atoms with van der Waals surface area (Å²) in [5.41, 5.74) is 1.06. The highest BCUT2D eigenvalue weighted by molar-refractivity contribution is 7.98. The largest absolute Gasteiger partial charge is 0.320 e. The fourth-order valence-corrected chi connectivity index (χ4v) is 1.80. The first-order valence-electron chi connectivity index (χ1n) is 4.35. The van der Waals surface area contributed by atoms with Crippen molar-refractivity contribution in [2.75, 3.05) is 6.26 Å². The highest BCUT2D eigenvalue weighted by atomic mass is 32.2. The Morgan fingerprint density at radius 2 is 2.21 bits per heavy atom. The summed E-state index contributed by atoms with van der Waals surface area (Å²) in [6, 6.07) is 5.94. The van der Waals surface area contributed by atoms with E-state index >= 15 is 0 Å². The van der Waals surface area contributed by atoms with Gasteiger partial charge in [-0.2, -0.15) is 0 Å². The molecule has 0 aromatic carbocycles. The summed E-state index contributed by atoms with van der Waals surface area (Å²) in [5, 5.41) is 1.02. The minimum Gasteiger partial charge on any atom is -0.320 e. The molecule has 0 aliphatic heterocycles. The Balaban J connectivity index is 2.19. The van der Waals surface area contributed by atoms with Crippen molar-refractivity contribution in [3.05, 3.63) is 42.5 Å². The molecule has 0 bridgehead atoms. The molecule has 0 saturated heterocycles. The van der Waals surface area contributed by atoms with Gasteiger partial charge >= 0.3 is 0 Å². The second-order valence-electron chi connectivity index (χ2n) is 2.86. The Morgan fingerprint density at radius 1 is 1.29 bits per heavy atom. The van der Waals surface area contributed by atoms with Gasteiger partial charge in [0.15, 0.2) is 5.16 Å². The molecule has 2 aromatic heterocycles. The summed E-state index contributed by atoms with van der Waals surface area (Å²) in [6.07, 6.45) is 7.62. The van der Waals surface area contributed by atoms with Gasteiger partial charge in [-0.3, -0.25) is 4.98 Å². The van der Waals surface area contributed by atoms with E-state index in [1.165, 1.54) is 0 Å². The second-order valence-corrected chi connectivity index (χ2v) is 3.64. The average molecular weight is 205 g/mol. The number of pyridine rings is 1. The summed E-state index contributed by atoms with van der Waals surface area (Å²) in [4.78, 5) is 8.50. The summed E-state index contributed by atoms with van der Waals surface area (Å²) < 4.78 is 2.09. The number of imidazole rings is 1. The van der Waals surface area contributed by atoms with E-state index in [0.717, 1.165) is 17.4 Å². The predicted octanol–water partition coefficient (Wildman–Crippen LogP) is 2.05. The van der Waals surface area contributed by atoms with Crippen LogP contribution in [-0.4, -0.2) is 20.8 Å². The lowest BCUT2D eigenvalue weighted by molar-refractivity contribution is 0.694. The predicted molar refractivity (Wildman–Crippen MR) is 57.3 cm³/mol. The normalized spacial score (nSPS) is 10.4. The van der Waals surface area contributed by atoms with E-state index in [1.807, 2.05) is 43.0 Å². The van der Waals surface area contributed by atoms with Gasteiger partial charge in [0.2, 0.25) is 0 Å². The molecular weight excluding hydrogens is 194 g/mol. The molecule has 2 rings (SSSR count). The molecule has 0 aliphatic rings. The van der Waals surface area contributed by atoms with E-state index < -0.39 is 0 Å². The van der Waals surface area contributed by atoms with Crippen LogP contribution in [0.4, 0.5) is 0 Å². The third-order valence-corrected chi connectivity index (χ3v) is 2.62. The molecule has 0 unspecified atom stereocenters. The van der Waals surface area contributed by atoms with Crippen LogP contribution in [0.5, 0.6) is 0 Å². The van der Waals surface area contributed by atoms with E-state index in [9.17, 15) is 0 Å². The van der Waals surface area contributed by atoms with Crippen molar-refractivity contribution in [2.24, 2.45) is 0 Å². The van der Waals surface area contributed by atoms with Crippen molar-refractivity contribution in [1.29, 1.82) is 0 Å². The highest BCUT2D eigenvalue weighted by Crippen LogP contribution is 2.12. The number of nitrogens with zero attached hydrogens (tertiary/aromatic N) is 3. The van der Waals surface area contributed by atoms with E-state index in [4.69, 9.17) is 0 Å². The number of thioether (sulfide) groups is 1. The third kappa shape index (κ3) is 1.96. The fraction of sp³-hybridized carbons (Fsp3) is 0.200. The molecule has 0 fully saturated rings. The molecule has 0 N–H and O–H groups in total. The summed E-state index contributed by atoms with van der Waals surface area (Å²) in [7, 11) is 0. The zero-order chi connectivity index (χ0) is 9.80. The first kappa shape index (κ1) is 9.27. The Bertz CT molecular complexity index is 397. The smallest absolute Gasteiger partial charge is 0.168 e. The van der Waals surface area contributed by atoms with E-state index in [2.05, 4.69) is 14.5 Å². The van der Waals surface area contributed by atoms with Crippen LogP contribution >= 0.6 is 11.8 Å². The molecule has 2 aromatic rings. The molecule has 0 amide bonds. The molecule has 2 heterocycles. The van der Waals surface area contributed by atoms with E-state index in [-0.39, 0.29) is 0 Å². The zero-order valence-electron chi connectivity index (χ0n) is 7.92. The summed E-state index contributed by atoms with van der Waals surface area (Å²) in [6.45, 7) is 0.789. The Labute approximate surface area is 87.2 Å². The molecular formula is C10H11N3S. The maximum atomic E-state index is 4.27.